The van der Waals surface area contributed by atoms with Crippen LogP contribution in [0.4, 0.5) is 5.69 Å². The van der Waals surface area contributed by atoms with Gasteiger partial charge in [-0.05, 0) is 92.6 Å². The van der Waals surface area contributed by atoms with Gasteiger partial charge in [-0.1, -0.05) is 42.5 Å². The number of amides is 2. The summed E-state index contributed by atoms with van der Waals surface area (Å²) in [5.74, 6) is 1.02. The molecular weight excluding hydrogens is 552 g/mol. The number of carbonyl (C=O) groups excluding carboxylic acids is 2. The lowest BCUT2D eigenvalue weighted by molar-refractivity contribution is -0.115. The Morgan fingerprint density at radius 3 is 2.32 bits per heavy atom. The molecule has 0 aliphatic rings. The number of carbonyl (C=O) groups is 2. The van der Waals surface area contributed by atoms with Gasteiger partial charge in [0.25, 0.3) is 5.91 Å². The average molecular weight is 587 g/mol. The van der Waals surface area contributed by atoms with E-state index in [1.165, 1.54) is 0 Å². The monoisotopic (exact) mass is 586 g/mol. The van der Waals surface area contributed by atoms with E-state index in [4.69, 9.17) is 14.5 Å². The highest BCUT2D eigenvalue weighted by atomic mass is 16.5. The van der Waals surface area contributed by atoms with Gasteiger partial charge in [0.15, 0.2) is 0 Å². The number of hydrogen-bond acceptors (Lipinski definition) is 6. The minimum atomic E-state index is -0.354. The second kappa shape index (κ2) is 13.6. The quantitative estimate of drug-likeness (QED) is 0.135. The van der Waals surface area contributed by atoms with E-state index < -0.39 is 0 Å². The molecule has 0 fully saturated rings. The molecule has 0 aliphatic heterocycles. The SMILES string of the molecule is COc1ccc(CC(=O)Nc2cccc(/C(C)=N/NC(=O)c3cc(-c4ccc(OC(C)C)cc4)nc4ccccc34)c2)cc1. The van der Waals surface area contributed by atoms with Gasteiger partial charge in [-0.25, -0.2) is 10.4 Å². The Morgan fingerprint density at radius 2 is 1.59 bits per heavy atom. The zero-order valence-corrected chi connectivity index (χ0v) is 25.1. The van der Waals surface area contributed by atoms with Crippen molar-refractivity contribution in [3.63, 3.8) is 0 Å². The molecular formula is C36H34N4O4. The van der Waals surface area contributed by atoms with Crippen LogP contribution in [0.25, 0.3) is 22.2 Å². The van der Waals surface area contributed by atoms with Gasteiger partial charge >= 0.3 is 0 Å². The van der Waals surface area contributed by atoms with Crippen molar-refractivity contribution < 1.29 is 19.1 Å². The summed E-state index contributed by atoms with van der Waals surface area (Å²) >= 11 is 0. The normalized spacial score (nSPS) is 11.3. The summed E-state index contributed by atoms with van der Waals surface area (Å²) in [7, 11) is 1.60. The molecule has 0 bridgehead atoms. The molecule has 44 heavy (non-hydrogen) atoms. The van der Waals surface area contributed by atoms with Crippen molar-refractivity contribution in [2.45, 2.75) is 33.3 Å². The maximum absolute atomic E-state index is 13.4. The molecule has 5 aromatic rings. The summed E-state index contributed by atoms with van der Waals surface area (Å²) < 4.78 is 10.9. The fraction of sp³-hybridized carbons (Fsp3) is 0.167. The number of methoxy groups -OCH3 is 1. The van der Waals surface area contributed by atoms with Crippen LogP contribution < -0.4 is 20.2 Å². The lowest BCUT2D eigenvalue weighted by atomic mass is 10.0. The Morgan fingerprint density at radius 1 is 0.864 bits per heavy atom. The second-order valence-electron chi connectivity index (χ2n) is 10.6. The standard InChI is InChI=1S/C36H34N4O4/c1-23(2)44-30-18-14-26(15-19-30)34-22-32(31-10-5-6-11-33(31)38-34)36(42)40-39-24(3)27-8-7-9-28(21-27)37-35(41)20-25-12-16-29(43-4)17-13-25/h5-19,21-23H,20H2,1-4H3,(H,37,41)(H,40,42)/b39-24+. The largest absolute Gasteiger partial charge is 0.497 e. The number of pyridine rings is 1. The predicted octanol–water partition coefficient (Wildman–Crippen LogP) is 7.03. The highest BCUT2D eigenvalue weighted by molar-refractivity contribution is 6.08. The maximum Gasteiger partial charge on any atom is 0.272 e. The van der Waals surface area contributed by atoms with Crippen molar-refractivity contribution >= 4 is 34.1 Å². The molecule has 0 radical (unpaired) electrons. The third kappa shape index (κ3) is 7.46. The predicted molar refractivity (Wildman–Crippen MR) is 174 cm³/mol. The van der Waals surface area contributed by atoms with Crippen LogP contribution in [0, 0.1) is 0 Å². The van der Waals surface area contributed by atoms with Crippen LogP contribution in [0.1, 0.15) is 42.3 Å². The van der Waals surface area contributed by atoms with Crippen LogP contribution in [-0.4, -0.2) is 35.7 Å². The molecule has 0 unspecified atom stereocenters. The fourth-order valence-electron chi connectivity index (χ4n) is 4.70. The Labute approximate surface area is 256 Å². The number of hydrogen-bond donors (Lipinski definition) is 2. The van der Waals surface area contributed by atoms with Crippen LogP contribution in [0.5, 0.6) is 11.5 Å². The van der Waals surface area contributed by atoms with Crippen LogP contribution in [0.2, 0.25) is 0 Å². The average Bonchev–Trinajstić information content (AvgIpc) is 3.03. The summed E-state index contributed by atoms with van der Waals surface area (Å²) in [6.45, 7) is 5.76. The van der Waals surface area contributed by atoms with Crippen LogP contribution in [0.15, 0.2) is 108 Å². The molecule has 0 saturated carbocycles. The van der Waals surface area contributed by atoms with E-state index >= 15 is 0 Å². The summed E-state index contributed by atoms with van der Waals surface area (Å²) in [6.07, 6.45) is 0.306. The second-order valence-corrected chi connectivity index (χ2v) is 10.6. The van der Waals surface area contributed by atoms with Crippen molar-refractivity contribution in [3.8, 4) is 22.8 Å². The molecule has 0 atom stereocenters. The Bertz CT molecular complexity index is 1810. The van der Waals surface area contributed by atoms with Gasteiger partial charge in [0, 0.05) is 16.6 Å². The first-order valence-electron chi connectivity index (χ1n) is 14.3. The van der Waals surface area contributed by atoms with Crippen LogP contribution >= 0.6 is 0 Å². The lowest BCUT2D eigenvalue weighted by Crippen LogP contribution is -2.20. The van der Waals surface area contributed by atoms with E-state index in [1.807, 2.05) is 111 Å². The number of hydrazone groups is 1. The van der Waals surface area contributed by atoms with E-state index in [9.17, 15) is 9.59 Å². The number of aromatic nitrogens is 1. The number of fused-ring (bicyclic) bond motifs is 1. The van der Waals surface area contributed by atoms with E-state index in [0.717, 1.165) is 33.6 Å². The zero-order valence-electron chi connectivity index (χ0n) is 25.1. The number of nitrogens with one attached hydrogen (secondary N) is 2. The first-order chi connectivity index (χ1) is 21.3. The van der Waals surface area contributed by atoms with Crippen molar-refractivity contribution in [2.75, 3.05) is 12.4 Å². The first kappa shape index (κ1) is 30.0. The minimum absolute atomic E-state index is 0.0743. The van der Waals surface area contributed by atoms with E-state index in [0.29, 0.717) is 28.2 Å². The first-order valence-corrected chi connectivity index (χ1v) is 14.3. The molecule has 1 heterocycles. The summed E-state index contributed by atoms with van der Waals surface area (Å²) in [5.41, 5.74) is 8.27. The number of rotatable bonds is 10. The Hall–Kier alpha value is -5.50. The number of para-hydroxylation sites is 1. The smallest absolute Gasteiger partial charge is 0.272 e. The lowest BCUT2D eigenvalue weighted by Gasteiger charge is -2.12. The van der Waals surface area contributed by atoms with Crippen molar-refractivity contribution in [1.29, 1.82) is 0 Å². The number of ether oxygens (including phenoxy) is 2. The molecule has 0 spiro atoms. The molecule has 8 nitrogen and oxygen atoms in total. The number of nitrogens with zero attached hydrogens (tertiary/aromatic N) is 2. The molecule has 5 rings (SSSR count). The van der Waals surface area contributed by atoms with Crippen molar-refractivity contribution in [2.24, 2.45) is 5.10 Å². The molecule has 0 saturated heterocycles. The van der Waals surface area contributed by atoms with Crippen LogP contribution in [-0.2, 0) is 11.2 Å². The summed E-state index contributed by atoms with van der Waals surface area (Å²) in [5, 5.41) is 8.04. The topological polar surface area (TPSA) is 102 Å². The molecule has 2 amide bonds. The maximum atomic E-state index is 13.4. The van der Waals surface area contributed by atoms with Gasteiger partial charge in [0.1, 0.15) is 11.5 Å². The van der Waals surface area contributed by atoms with Gasteiger partial charge in [-0.2, -0.15) is 5.10 Å². The Kier molecular flexibility index (Phi) is 9.30. The molecule has 1 aromatic heterocycles. The van der Waals surface area contributed by atoms with Gasteiger partial charge in [-0.15, -0.1) is 0 Å². The van der Waals surface area contributed by atoms with E-state index in [2.05, 4.69) is 15.8 Å². The molecule has 222 valence electrons. The van der Waals surface area contributed by atoms with E-state index in [-0.39, 0.29) is 24.3 Å². The van der Waals surface area contributed by atoms with Crippen molar-refractivity contribution in [3.05, 3.63) is 120 Å². The highest BCUT2D eigenvalue weighted by Gasteiger charge is 2.15. The zero-order chi connectivity index (χ0) is 31.1. The molecule has 2 N–H and O–H groups in total. The number of anilines is 1. The summed E-state index contributed by atoms with van der Waals surface area (Å²) in [4.78, 5) is 30.9. The van der Waals surface area contributed by atoms with Crippen molar-refractivity contribution in [1.82, 2.24) is 10.4 Å². The fourth-order valence-corrected chi connectivity index (χ4v) is 4.70. The molecule has 0 aliphatic carbocycles. The molecule has 4 aromatic carbocycles. The number of benzene rings is 4. The van der Waals surface area contributed by atoms with Gasteiger partial charge in [-0.3, -0.25) is 9.59 Å². The molecule has 8 heteroatoms. The summed E-state index contributed by atoms with van der Waals surface area (Å²) in [6, 6.07) is 31.7. The highest BCUT2D eigenvalue weighted by Crippen LogP contribution is 2.27. The van der Waals surface area contributed by atoms with Gasteiger partial charge in [0.2, 0.25) is 5.91 Å². The van der Waals surface area contributed by atoms with Gasteiger partial charge in [0.05, 0.1) is 42.1 Å². The van der Waals surface area contributed by atoms with Gasteiger partial charge < -0.3 is 14.8 Å². The third-order valence-electron chi connectivity index (χ3n) is 6.90. The Balaban J connectivity index is 1.31. The van der Waals surface area contributed by atoms with E-state index in [1.54, 1.807) is 20.1 Å². The third-order valence-corrected chi connectivity index (χ3v) is 6.90. The minimum Gasteiger partial charge on any atom is -0.497 e. The van der Waals surface area contributed by atoms with Crippen LogP contribution in [0.3, 0.4) is 0 Å².